The third kappa shape index (κ3) is 3.88. The lowest BCUT2D eigenvalue weighted by Crippen LogP contribution is -2.37. The Bertz CT molecular complexity index is 775. The molecular weight excluding hydrogens is 348 g/mol. The first-order valence-corrected chi connectivity index (χ1v) is 9.83. The summed E-state index contributed by atoms with van der Waals surface area (Å²) < 4.78 is 5.33. The number of hydrogen-bond acceptors (Lipinski definition) is 6. The minimum absolute atomic E-state index is 0.0831. The second-order valence-electron chi connectivity index (χ2n) is 6.77. The van der Waals surface area contributed by atoms with Crippen molar-refractivity contribution in [2.24, 2.45) is 0 Å². The highest BCUT2D eigenvalue weighted by Crippen LogP contribution is 2.33. The van der Waals surface area contributed by atoms with Gasteiger partial charge in [0.05, 0.1) is 18.4 Å². The van der Waals surface area contributed by atoms with Crippen molar-refractivity contribution in [2.75, 3.05) is 33.3 Å². The van der Waals surface area contributed by atoms with Gasteiger partial charge >= 0.3 is 0 Å². The molecule has 26 heavy (non-hydrogen) atoms. The molecule has 1 fully saturated rings. The van der Waals surface area contributed by atoms with E-state index in [1.165, 1.54) is 11.3 Å². The summed E-state index contributed by atoms with van der Waals surface area (Å²) in [5, 5.41) is 0.773. The summed E-state index contributed by atoms with van der Waals surface area (Å²) in [6.07, 6.45) is 2.69. The summed E-state index contributed by atoms with van der Waals surface area (Å²) in [6.45, 7) is 9.84. The number of amides is 1. The molecule has 0 radical (unpaired) electrons. The second kappa shape index (κ2) is 8.14. The number of aromatic nitrogens is 2. The van der Waals surface area contributed by atoms with E-state index in [0.29, 0.717) is 16.8 Å². The van der Waals surface area contributed by atoms with Crippen LogP contribution in [0.25, 0.3) is 10.6 Å². The molecule has 0 saturated carbocycles. The molecule has 0 N–H and O–H groups in total. The monoisotopic (exact) mass is 374 g/mol. The molecule has 3 rings (SSSR count). The number of pyridine rings is 1. The Morgan fingerprint density at radius 1 is 1.27 bits per heavy atom. The van der Waals surface area contributed by atoms with Crippen LogP contribution in [0.15, 0.2) is 18.3 Å². The topological polar surface area (TPSA) is 58.6 Å². The molecule has 0 aliphatic carbocycles. The van der Waals surface area contributed by atoms with E-state index >= 15 is 0 Å². The number of carbonyl (C=O) groups is 1. The maximum atomic E-state index is 13.1. The molecule has 0 spiro atoms. The highest BCUT2D eigenvalue weighted by atomic mass is 32.1. The lowest BCUT2D eigenvalue weighted by atomic mass is 10.3. The van der Waals surface area contributed by atoms with E-state index in [1.807, 2.05) is 24.0 Å². The fourth-order valence-corrected chi connectivity index (χ4v) is 4.28. The van der Waals surface area contributed by atoms with Gasteiger partial charge in [0, 0.05) is 38.4 Å². The lowest BCUT2D eigenvalue weighted by molar-refractivity contribution is 0.0763. The molecule has 1 amide bonds. The molecule has 1 aliphatic heterocycles. The van der Waals surface area contributed by atoms with Crippen LogP contribution in [0.1, 0.15) is 35.6 Å². The van der Waals surface area contributed by atoms with Crippen molar-refractivity contribution in [3.05, 3.63) is 28.9 Å². The number of rotatable bonds is 4. The molecule has 0 atom stereocenters. The average molecular weight is 375 g/mol. The summed E-state index contributed by atoms with van der Waals surface area (Å²) in [5.74, 6) is 0.613. The number of methoxy groups -OCH3 is 1. The minimum Gasteiger partial charge on any atom is -0.480 e. The van der Waals surface area contributed by atoms with E-state index in [2.05, 4.69) is 28.7 Å². The van der Waals surface area contributed by atoms with E-state index in [0.717, 1.165) is 48.9 Å². The first-order valence-electron chi connectivity index (χ1n) is 9.01. The van der Waals surface area contributed by atoms with Gasteiger partial charge in [0.25, 0.3) is 5.91 Å². The zero-order valence-electron chi connectivity index (χ0n) is 15.9. The largest absolute Gasteiger partial charge is 0.480 e. The average Bonchev–Trinajstić information content (AvgIpc) is 2.86. The third-order valence-electron chi connectivity index (χ3n) is 4.73. The van der Waals surface area contributed by atoms with Crippen LogP contribution in [0, 0.1) is 6.92 Å². The van der Waals surface area contributed by atoms with Gasteiger partial charge in [0.2, 0.25) is 5.88 Å². The van der Waals surface area contributed by atoms with Gasteiger partial charge in [-0.1, -0.05) is 0 Å². The van der Waals surface area contributed by atoms with Crippen LogP contribution in [-0.2, 0) is 0 Å². The van der Waals surface area contributed by atoms with Gasteiger partial charge in [-0.05, 0) is 39.3 Å². The molecule has 1 saturated heterocycles. The van der Waals surface area contributed by atoms with Gasteiger partial charge in [-0.3, -0.25) is 9.69 Å². The van der Waals surface area contributed by atoms with Crippen LogP contribution in [0.4, 0.5) is 0 Å². The smallest absolute Gasteiger partial charge is 0.265 e. The Balaban J connectivity index is 1.81. The van der Waals surface area contributed by atoms with E-state index in [-0.39, 0.29) is 5.91 Å². The highest BCUT2D eigenvalue weighted by Gasteiger charge is 2.25. The number of hydrogen-bond donors (Lipinski definition) is 0. The van der Waals surface area contributed by atoms with Gasteiger partial charge in [-0.2, -0.15) is 0 Å². The Labute approximate surface area is 158 Å². The summed E-state index contributed by atoms with van der Waals surface area (Å²) in [7, 11) is 1.59. The molecule has 140 valence electrons. The summed E-state index contributed by atoms with van der Waals surface area (Å²) in [4.78, 5) is 27.0. The molecule has 7 heteroatoms. The van der Waals surface area contributed by atoms with Crippen LogP contribution in [0.3, 0.4) is 0 Å². The first-order chi connectivity index (χ1) is 12.5. The fourth-order valence-electron chi connectivity index (χ4n) is 3.23. The van der Waals surface area contributed by atoms with Crippen LogP contribution >= 0.6 is 11.3 Å². The Hall–Kier alpha value is -1.99. The Kier molecular flexibility index (Phi) is 5.88. The standard InChI is InChI=1S/C19H26N4O2S/c1-13(2)22-9-6-10-23(12-11-22)19(24)16-14(3)21-18(26-16)15-7-5-8-20-17(15)25-4/h5,7-8,13H,6,9-12H2,1-4H3. The number of ether oxygens (including phenoxy) is 1. The van der Waals surface area contributed by atoms with Crippen molar-refractivity contribution < 1.29 is 9.53 Å². The molecule has 6 nitrogen and oxygen atoms in total. The molecule has 3 heterocycles. The SMILES string of the molecule is COc1ncccc1-c1nc(C)c(C(=O)N2CCCN(C(C)C)CC2)s1. The van der Waals surface area contributed by atoms with Gasteiger partial charge in [-0.15, -0.1) is 11.3 Å². The lowest BCUT2D eigenvalue weighted by Gasteiger charge is -2.24. The molecule has 0 unspecified atom stereocenters. The Morgan fingerprint density at radius 2 is 2.08 bits per heavy atom. The first kappa shape index (κ1) is 18.8. The van der Waals surface area contributed by atoms with Gasteiger partial charge in [0.1, 0.15) is 9.88 Å². The van der Waals surface area contributed by atoms with Crippen LogP contribution in [-0.4, -0.2) is 65.0 Å². The number of aryl methyl sites for hydroxylation is 1. The predicted octanol–water partition coefficient (Wildman–Crippen LogP) is 3.08. The van der Waals surface area contributed by atoms with Crippen molar-refractivity contribution in [1.29, 1.82) is 0 Å². The molecule has 1 aliphatic rings. The van der Waals surface area contributed by atoms with Crippen molar-refractivity contribution in [2.45, 2.75) is 33.2 Å². The minimum atomic E-state index is 0.0831. The highest BCUT2D eigenvalue weighted by molar-refractivity contribution is 7.17. The summed E-state index contributed by atoms with van der Waals surface area (Å²) in [5.41, 5.74) is 1.59. The normalized spacial score (nSPS) is 16.0. The Morgan fingerprint density at radius 3 is 2.81 bits per heavy atom. The van der Waals surface area contributed by atoms with Gasteiger partial charge in [-0.25, -0.2) is 9.97 Å². The van der Waals surface area contributed by atoms with Crippen molar-refractivity contribution in [3.8, 4) is 16.5 Å². The molecule has 2 aromatic rings. The summed E-state index contributed by atoms with van der Waals surface area (Å²) >= 11 is 1.42. The maximum absolute atomic E-state index is 13.1. The van der Waals surface area contributed by atoms with Crippen molar-refractivity contribution in [1.82, 2.24) is 19.8 Å². The predicted molar refractivity (Wildman–Crippen MR) is 104 cm³/mol. The number of thiazole rings is 1. The number of carbonyl (C=O) groups excluding carboxylic acids is 1. The zero-order valence-corrected chi connectivity index (χ0v) is 16.7. The van der Waals surface area contributed by atoms with Crippen molar-refractivity contribution in [3.63, 3.8) is 0 Å². The third-order valence-corrected chi connectivity index (χ3v) is 5.91. The maximum Gasteiger partial charge on any atom is 0.265 e. The quantitative estimate of drug-likeness (QED) is 0.823. The van der Waals surface area contributed by atoms with E-state index in [9.17, 15) is 4.79 Å². The van der Waals surface area contributed by atoms with Crippen LogP contribution in [0.5, 0.6) is 5.88 Å². The van der Waals surface area contributed by atoms with E-state index < -0.39 is 0 Å². The molecular formula is C19H26N4O2S. The molecule has 0 aromatic carbocycles. The van der Waals surface area contributed by atoms with Crippen molar-refractivity contribution >= 4 is 17.2 Å². The van der Waals surface area contributed by atoms with Gasteiger partial charge < -0.3 is 9.64 Å². The zero-order chi connectivity index (χ0) is 18.7. The molecule has 0 bridgehead atoms. The van der Waals surface area contributed by atoms with E-state index in [4.69, 9.17) is 4.74 Å². The van der Waals surface area contributed by atoms with Gasteiger partial charge in [0.15, 0.2) is 0 Å². The fraction of sp³-hybridized carbons (Fsp3) is 0.526. The molecule has 2 aromatic heterocycles. The van der Waals surface area contributed by atoms with Crippen LogP contribution in [0.2, 0.25) is 0 Å². The van der Waals surface area contributed by atoms with E-state index in [1.54, 1.807) is 13.3 Å². The van der Waals surface area contributed by atoms with Crippen LogP contribution < -0.4 is 4.74 Å². The second-order valence-corrected chi connectivity index (χ2v) is 7.77. The summed E-state index contributed by atoms with van der Waals surface area (Å²) in [6, 6.07) is 4.29. The number of nitrogens with zero attached hydrogens (tertiary/aromatic N) is 4.